The lowest BCUT2D eigenvalue weighted by atomic mass is 9.99. The quantitative estimate of drug-likeness (QED) is 0.778. The van der Waals surface area contributed by atoms with Crippen molar-refractivity contribution in [3.05, 3.63) is 22.4 Å². The van der Waals surface area contributed by atoms with Crippen molar-refractivity contribution >= 4 is 28.8 Å². The molecule has 0 bridgehead atoms. The summed E-state index contributed by atoms with van der Waals surface area (Å²) in [7, 11) is 0. The number of thiophene rings is 1. The van der Waals surface area contributed by atoms with Gasteiger partial charge < -0.3 is 5.32 Å². The van der Waals surface area contributed by atoms with Crippen molar-refractivity contribution < 1.29 is 4.79 Å². The molecule has 1 aromatic heterocycles. The van der Waals surface area contributed by atoms with E-state index in [0.29, 0.717) is 12.5 Å². The third kappa shape index (κ3) is 3.80. The molecule has 0 aliphatic carbocycles. The summed E-state index contributed by atoms with van der Waals surface area (Å²) in [5.41, 5.74) is 0. The van der Waals surface area contributed by atoms with Crippen LogP contribution in [-0.2, 0) is 0 Å². The van der Waals surface area contributed by atoms with E-state index in [4.69, 9.17) is 11.6 Å². The van der Waals surface area contributed by atoms with Crippen LogP contribution in [0.4, 0.5) is 0 Å². The highest BCUT2D eigenvalue weighted by Crippen LogP contribution is 2.18. The predicted octanol–water partition coefficient (Wildman–Crippen LogP) is 3.52. The fourth-order valence-corrected chi connectivity index (χ4v) is 2.73. The zero-order valence-electron chi connectivity index (χ0n) is 9.70. The number of rotatable bonds is 6. The van der Waals surface area contributed by atoms with Crippen molar-refractivity contribution in [3.63, 3.8) is 0 Å². The molecule has 90 valence electrons. The minimum atomic E-state index is -0.0217. The van der Waals surface area contributed by atoms with E-state index in [1.54, 1.807) is 0 Å². The lowest BCUT2D eigenvalue weighted by Crippen LogP contribution is -2.32. The zero-order chi connectivity index (χ0) is 12.0. The van der Waals surface area contributed by atoms with Gasteiger partial charge in [0.25, 0.3) is 5.91 Å². The summed E-state index contributed by atoms with van der Waals surface area (Å²) in [5, 5.41) is 4.80. The van der Waals surface area contributed by atoms with Gasteiger partial charge in [0, 0.05) is 6.54 Å². The van der Waals surface area contributed by atoms with E-state index < -0.39 is 0 Å². The first-order chi connectivity index (χ1) is 7.69. The second-order valence-electron chi connectivity index (χ2n) is 3.78. The van der Waals surface area contributed by atoms with Crippen LogP contribution in [0.15, 0.2) is 17.5 Å². The fraction of sp³-hybridized carbons (Fsp3) is 0.583. The molecule has 0 aliphatic heterocycles. The molecule has 1 aromatic rings. The first-order valence-corrected chi connectivity index (χ1v) is 6.96. The van der Waals surface area contributed by atoms with Gasteiger partial charge in [0.15, 0.2) is 0 Å². The van der Waals surface area contributed by atoms with Crippen molar-refractivity contribution in [2.75, 3.05) is 6.54 Å². The molecule has 0 saturated carbocycles. The van der Waals surface area contributed by atoms with E-state index in [2.05, 4.69) is 19.2 Å². The fourth-order valence-electron chi connectivity index (χ4n) is 1.65. The maximum atomic E-state index is 11.7. The highest BCUT2D eigenvalue weighted by molar-refractivity contribution is 7.12. The summed E-state index contributed by atoms with van der Waals surface area (Å²) >= 11 is 7.69. The Bertz CT molecular complexity index is 309. The molecule has 0 saturated heterocycles. The first kappa shape index (κ1) is 13.5. The van der Waals surface area contributed by atoms with Gasteiger partial charge in [-0.2, -0.15) is 0 Å². The standard InChI is InChI=1S/C12H18ClNOS/c1-3-9(4-2)10(13)8-14-12(15)11-6-5-7-16-11/h5-7,9-10H,3-4,8H2,1-2H3,(H,14,15). The molecule has 1 atom stereocenters. The zero-order valence-corrected chi connectivity index (χ0v) is 11.3. The Labute approximate surface area is 106 Å². The van der Waals surface area contributed by atoms with Crippen LogP contribution in [0, 0.1) is 5.92 Å². The number of carbonyl (C=O) groups is 1. The Balaban J connectivity index is 2.37. The van der Waals surface area contributed by atoms with Crippen molar-refractivity contribution in [3.8, 4) is 0 Å². The van der Waals surface area contributed by atoms with E-state index in [-0.39, 0.29) is 11.3 Å². The number of carbonyl (C=O) groups excluding carboxylic acids is 1. The van der Waals surface area contributed by atoms with E-state index >= 15 is 0 Å². The molecule has 1 N–H and O–H groups in total. The maximum absolute atomic E-state index is 11.7. The van der Waals surface area contributed by atoms with Gasteiger partial charge in [0.05, 0.1) is 10.3 Å². The Hall–Kier alpha value is -0.540. The second-order valence-corrected chi connectivity index (χ2v) is 5.29. The van der Waals surface area contributed by atoms with Gasteiger partial charge in [-0.05, 0) is 17.4 Å². The Morgan fingerprint density at radius 1 is 1.50 bits per heavy atom. The largest absolute Gasteiger partial charge is 0.350 e. The number of nitrogens with one attached hydrogen (secondary N) is 1. The van der Waals surface area contributed by atoms with Gasteiger partial charge in [0.1, 0.15) is 0 Å². The number of halogens is 1. The van der Waals surface area contributed by atoms with Gasteiger partial charge in [-0.15, -0.1) is 22.9 Å². The van der Waals surface area contributed by atoms with Crippen molar-refractivity contribution in [1.82, 2.24) is 5.32 Å². The third-order valence-corrected chi connectivity index (χ3v) is 4.14. The number of alkyl halides is 1. The molecule has 2 nitrogen and oxygen atoms in total. The molecule has 4 heteroatoms. The van der Waals surface area contributed by atoms with Crippen molar-refractivity contribution in [2.45, 2.75) is 32.1 Å². The van der Waals surface area contributed by atoms with Crippen LogP contribution in [0.2, 0.25) is 0 Å². The molecule has 0 aromatic carbocycles. The minimum absolute atomic E-state index is 0.0217. The summed E-state index contributed by atoms with van der Waals surface area (Å²) in [6, 6.07) is 3.69. The van der Waals surface area contributed by atoms with Crippen LogP contribution < -0.4 is 5.32 Å². The van der Waals surface area contributed by atoms with E-state index in [9.17, 15) is 4.79 Å². The highest BCUT2D eigenvalue weighted by atomic mass is 35.5. The lowest BCUT2D eigenvalue weighted by Gasteiger charge is -2.19. The van der Waals surface area contributed by atoms with Gasteiger partial charge in [-0.3, -0.25) is 4.79 Å². The predicted molar refractivity (Wildman–Crippen MR) is 70.4 cm³/mol. The molecular formula is C12H18ClNOS. The first-order valence-electron chi connectivity index (χ1n) is 5.64. The van der Waals surface area contributed by atoms with Crippen LogP contribution in [0.3, 0.4) is 0 Å². The number of hydrogen-bond acceptors (Lipinski definition) is 2. The smallest absolute Gasteiger partial charge is 0.261 e. The van der Waals surface area contributed by atoms with E-state index in [0.717, 1.165) is 17.7 Å². The molecule has 0 radical (unpaired) electrons. The Kier molecular flexibility index (Phi) is 5.85. The SMILES string of the molecule is CCC(CC)C(Cl)CNC(=O)c1cccs1. The molecule has 0 fully saturated rings. The molecule has 1 amide bonds. The lowest BCUT2D eigenvalue weighted by molar-refractivity contribution is 0.0955. The van der Waals surface area contributed by atoms with E-state index in [1.807, 2.05) is 17.5 Å². The molecular weight excluding hydrogens is 242 g/mol. The van der Waals surface area contributed by atoms with Crippen LogP contribution in [0.25, 0.3) is 0 Å². The summed E-state index contributed by atoms with van der Waals surface area (Å²) in [4.78, 5) is 12.4. The van der Waals surface area contributed by atoms with Crippen molar-refractivity contribution in [2.24, 2.45) is 5.92 Å². The monoisotopic (exact) mass is 259 g/mol. The Morgan fingerprint density at radius 3 is 2.69 bits per heavy atom. The summed E-state index contributed by atoms with van der Waals surface area (Å²) in [6.07, 6.45) is 2.11. The third-order valence-electron chi connectivity index (χ3n) is 2.76. The molecule has 0 spiro atoms. The van der Waals surface area contributed by atoms with Crippen LogP contribution in [0.5, 0.6) is 0 Å². The molecule has 0 aliphatic rings. The van der Waals surface area contributed by atoms with Gasteiger partial charge in [0.2, 0.25) is 0 Å². The van der Waals surface area contributed by atoms with Gasteiger partial charge in [-0.1, -0.05) is 32.8 Å². The molecule has 16 heavy (non-hydrogen) atoms. The van der Waals surface area contributed by atoms with Crippen LogP contribution >= 0.6 is 22.9 Å². The normalized spacial score (nSPS) is 12.8. The minimum Gasteiger partial charge on any atom is -0.350 e. The van der Waals surface area contributed by atoms with Crippen molar-refractivity contribution in [1.29, 1.82) is 0 Å². The number of amides is 1. The van der Waals surface area contributed by atoms with Gasteiger partial charge in [-0.25, -0.2) is 0 Å². The topological polar surface area (TPSA) is 29.1 Å². The Morgan fingerprint density at radius 2 is 2.19 bits per heavy atom. The van der Waals surface area contributed by atoms with Gasteiger partial charge >= 0.3 is 0 Å². The van der Waals surface area contributed by atoms with E-state index in [1.165, 1.54) is 11.3 Å². The summed E-state index contributed by atoms with van der Waals surface area (Å²) in [5.74, 6) is 0.455. The maximum Gasteiger partial charge on any atom is 0.261 e. The molecule has 1 unspecified atom stereocenters. The molecule has 1 rings (SSSR count). The molecule has 1 heterocycles. The van der Waals surface area contributed by atoms with Crippen LogP contribution in [-0.4, -0.2) is 17.8 Å². The highest BCUT2D eigenvalue weighted by Gasteiger charge is 2.16. The average Bonchev–Trinajstić information content (AvgIpc) is 2.81. The average molecular weight is 260 g/mol. The second kappa shape index (κ2) is 6.92. The summed E-state index contributed by atoms with van der Waals surface area (Å²) < 4.78 is 0. The van der Waals surface area contributed by atoms with Crippen LogP contribution in [0.1, 0.15) is 36.4 Å². The summed E-state index contributed by atoms with van der Waals surface area (Å²) in [6.45, 7) is 4.81. The number of hydrogen-bond donors (Lipinski definition) is 1.